The summed E-state index contributed by atoms with van der Waals surface area (Å²) in [6.07, 6.45) is 11.5. The maximum Gasteiger partial charge on any atom is -0.0353 e. The van der Waals surface area contributed by atoms with Gasteiger partial charge in [0.25, 0.3) is 0 Å². The zero-order chi connectivity index (χ0) is 10.8. The van der Waals surface area contributed by atoms with Crippen LogP contribution in [0, 0.1) is 11.8 Å². The Bertz CT molecular complexity index is 126. The third-order valence-corrected chi connectivity index (χ3v) is 2.96. The first-order valence-corrected chi connectivity index (χ1v) is 6.31. The van der Waals surface area contributed by atoms with Gasteiger partial charge in [0.05, 0.1) is 0 Å². The minimum absolute atomic E-state index is 0.904. The van der Waals surface area contributed by atoms with Crippen LogP contribution >= 0.6 is 0 Å². The zero-order valence-electron chi connectivity index (χ0n) is 10.4. The van der Waals surface area contributed by atoms with Crippen LogP contribution in [0.1, 0.15) is 65.7 Å². The Hall–Kier alpha value is -0.260. The van der Waals surface area contributed by atoms with Crippen LogP contribution in [0.3, 0.4) is 0 Å². The number of unbranched alkanes of at least 4 members (excludes halogenated alkanes) is 2. The van der Waals surface area contributed by atoms with E-state index in [0.717, 1.165) is 11.8 Å². The molecule has 0 amide bonds. The molecule has 0 heteroatoms. The third kappa shape index (κ3) is 8.34. The van der Waals surface area contributed by atoms with Crippen LogP contribution < -0.4 is 0 Å². The summed E-state index contributed by atoms with van der Waals surface area (Å²) in [5, 5.41) is 0. The van der Waals surface area contributed by atoms with Gasteiger partial charge in [-0.05, 0) is 31.1 Å². The fourth-order valence-corrected chi connectivity index (χ4v) is 2.09. The van der Waals surface area contributed by atoms with Crippen molar-refractivity contribution in [2.45, 2.75) is 65.7 Å². The van der Waals surface area contributed by atoms with E-state index in [1.165, 1.54) is 44.9 Å². The van der Waals surface area contributed by atoms with Crippen molar-refractivity contribution < 1.29 is 0 Å². The molecule has 0 saturated heterocycles. The number of hydrogen-bond donors (Lipinski definition) is 0. The molecule has 2 unspecified atom stereocenters. The zero-order valence-corrected chi connectivity index (χ0v) is 10.4. The van der Waals surface area contributed by atoms with Gasteiger partial charge in [-0.3, -0.25) is 0 Å². The van der Waals surface area contributed by atoms with E-state index in [-0.39, 0.29) is 0 Å². The molecule has 14 heavy (non-hydrogen) atoms. The molecule has 0 rings (SSSR count). The SMILES string of the molecule is C=CCCCC(C)CC(C)CCCC. The second kappa shape index (κ2) is 9.30. The minimum Gasteiger partial charge on any atom is -0.103 e. The van der Waals surface area contributed by atoms with Crippen LogP contribution in [0.25, 0.3) is 0 Å². The molecular weight excluding hydrogens is 168 g/mol. The Labute approximate surface area is 90.8 Å². The van der Waals surface area contributed by atoms with E-state index < -0.39 is 0 Å². The smallest absolute Gasteiger partial charge is 0.0353 e. The van der Waals surface area contributed by atoms with Crippen molar-refractivity contribution in [3.8, 4) is 0 Å². The predicted molar refractivity (Wildman–Crippen MR) is 66.5 cm³/mol. The van der Waals surface area contributed by atoms with Crippen molar-refractivity contribution in [1.29, 1.82) is 0 Å². The third-order valence-electron chi connectivity index (χ3n) is 2.96. The average Bonchev–Trinajstić information content (AvgIpc) is 2.15. The summed E-state index contributed by atoms with van der Waals surface area (Å²) in [6.45, 7) is 10.8. The normalized spacial score (nSPS) is 15.1. The topological polar surface area (TPSA) is 0 Å². The molecule has 0 nitrogen and oxygen atoms in total. The summed E-state index contributed by atoms with van der Waals surface area (Å²) >= 11 is 0. The standard InChI is InChI=1S/C14H28/c1-5-7-9-11-14(4)12-13(3)10-8-6-2/h5,13-14H,1,6-12H2,2-4H3. The molecule has 0 aliphatic rings. The highest BCUT2D eigenvalue weighted by atomic mass is 14.1. The molecule has 0 heterocycles. The maximum absolute atomic E-state index is 3.76. The van der Waals surface area contributed by atoms with E-state index in [4.69, 9.17) is 0 Å². The first-order chi connectivity index (χ1) is 6.70. The highest BCUT2D eigenvalue weighted by Gasteiger charge is 2.07. The second-order valence-electron chi connectivity index (χ2n) is 4.81. The molecular formula is C14H28. The number of rotatable bonds is 9. The van der Waals surface area contributed by atoms with Gasteiger partial charge in [0, 0.05) is 0 Å². The lowest BCUT2D eigenvalue weighted by atomic mass is 9.90. The molecule has 84 valence electrons. The first-order valence-electron chi connectivity index (χ1n) is 6.31. The van der Waals surface area contributed by atoms with Crippen LogP contribution in [0.15, 0.2) is 12.7 Å². The molecule has 0 fully saturated rings. The lowest BCUT2D eigenvalue weighted by Crippen LogP contribution is -2.03. The fraction of sp³-hybridized carbons (Fsp3) is 0.857. The lowest BCUT2D eigenvalue weighted by molar-refractivity contribution is 0.365. The van der Waals surface area contributed by atoms with Gasteiger partial charge in [0.2, 0.25) is 0 Å². The summed E-state index contributed by atoms with van der Waals surface area (Å²) in [5.74, 6) is 1.83. The molecule has 0 aromatic heterocycles. The van der Waals surface area contributed by atoms with Gasteiger partial charge in [0.15, 0.2) is 0 Å². The molecule has 2 atom stereocenters. The summed E-state index contributed by atoms with van der Waals surface area (Å²) in [7, 11) is 0. The molecule has 0 saturated carbocycles. The Morgan fingerprint density at radius 2 is 1.64 bits per heavy atom. The summed E-state index contributed by atoms with van der Waals surface area (Å²) in [4.78, 5) is 0. The van der Waals surface area contributed by atoms with E-state index in [2.05, 4.69) is 27.4 Å². The quantitative estimate of drug-likeness (QED) is 0.351. The molecule has 0 aliphatic heterocycles. The van der Waals surface area contributed by atoms with E-state index in [0.29, 0.717) is 0 Å². The van der Waals surface area contributed by atoms with E-state index >= 15 is 0 Å². The van der Waals surface area contributed by atoms with Crippen molar-refractivity contribution in [2.75, 3.05) is 0 Å². The van der Waals surface area contributed by atoms with Gasteiger partial charge in [0.1, 0.15) is 0 Å². The molecule has 0 bridgehead atoms. The Kier molecular flexibility index (Phi) is 9.13. The Morgan fingerprint density at radius 1 is 1.07 bits per heavy atom. The molecule has 0 radical (unpaired) electrons. The minimum atomic E-state index is 0.904. The van der Waals surface area contributed by atoms with E-state index in [1.54, 1.807) is 0 Å². The van der Waals surface area contributed by atoms with Crippen LogP contribution in [0.4, 0.5) is 0 Å². The predicted octanol–water partition coefficient (Wildman–Crippen LogP) is 5.20. The van der Waals surface area contributed by atoms with E-state index in [1.807, 2.05) is 6.08 Å². The Balaban J connectivity index is 3.39. The van der Waals surface area contributed by atoms with E-state index in [9.17, 15) is 0 Å². The summed E-state index contributed by atoms with van der Waals surface area (Å²) < 4.78 is 0. The molecule has 0 aromatic carbocycles. The fourth-order valence-electron chi connectivity index (χ4n) is 2.09. The van der Waals surface area contributed by atoms with Gasteiger partial charge in [-0.25, -0.2) is 0 Å². The lowest BCUT2D eigenvalue weighted by Gasteiger charge is -2.16. The average molecular weight is 196 g/mol. The van der Waals surface area contributed by atoms with Crippen molar-refractivity contribution in [3.63, 3.8) is 0 Å². The summed E-state index contributed by atoms with van der Waals surface area (Å²) in [5.41, 5.74) is 0. The largest absolute Gasteiger partial charge is 0.103 e. The Morgan fingerprint density at radius 3 is 2.14 bits per heavy atom. The van der Waals surface area contributed by atoms with Gasteiger partial charge in [-0.15, -0.1) is 6.58 Å². The molecule has 0 aromatic rings. The monoisotopic (exact) mass is 196 g/mol. The van der Waals surface area contributed by atoms with Crippen LogP contribution in [0.2, 0.25) is 0 Å². The number of hydrogen-bond acceptors (Lipinski definition) is 0. The summed E-state index contributed by atoms with van der Waals surface area (Å²) in [6, 6.07) is 0. The van der Waals surface area contributed by atoms with Crippen LogP contribution in [-0.2, 0) is 0 Å². The number of allylic oxidation sites excluding steroid dienone is 1. The molecule has 0 aliphatic carbocycles. The van der Waals surface area contributed by atoms with Gasteiger partial charge in [-0.1, -0.05) is 52.5 Å². The molecule has 0 N–H and O–H groups in total. The van der Waals surface area contributed by atoms with Crippen LogP contribution in [-0.4, -0.2) is 0 Å². The van der Waals surface area contributed by atoms with Crippen molar-refractivity contribution in [3.05, 3.63) is 12.7 Å². The van der Waals surface area contributed by atoms with Gasteiger partial charge >= 0.3 is 0 Å². The van der Waals surface area contributed by atoms with Gasteiger partial charge in [-0.2, -0.15) is 0 Å². The van der Waals surface area contributed by atoms with Crippen molar-refractivity contribution in [1.82, 2.24) is 0 Å². The van der Waals surface area contributed by atoms with Crippen LogP contribution in [0.5, 0.6) is 0 Å². The molecule has 0 spiro atoms. The van der Waals surface area contributed by atoms with Crippen molar-refractivity contribution in [2.24, 2.45) is 11.8 Å². The first kappa shape index (κ1) is 13.7. The maximum atomic E-state index is 3.76. The highest BCUT2D eigenvalue weighted by Crippen LogP contribution is 2.21. The van der Waals surface area contributed by atoms with Gasteiger partial charge < -0.3 is 0 Å². The second-order valence-corrected chi connectivity index (χ2v) is 4.81. The highest BCUT2D eigenvalue weighted by molar-refractivity contribution is 4.67. The van der Waals surface area contributed by atoms with Crippen molar-refractivity contribution >= 4 is 0 Å².